The highest BCUT2D eigenvalue weighted by molar-refractivity contribution is 5.94. The summed E-state index contributed by atoms with van der Waals surface area (Å²) >= 11 is 0. The number of anilines is 1. The Labute approximate surface area is 140 Å². The summed E-state index contributed by atoms with van der Waals surface area (Å²) in [5.74, 6) is 1.48. The number of ether oxygens (including phenoxy) is 1. The minimum atomic E-state index is -0.0117. The lowest BCUT2D eigenvalue weighted by atomic mass is 10.1. The van der Waals surface area contributed by atoms with Crippen LogP contribution in [0.25, 0.3) is 0 Å². The molecule has 0 aliphatic carbocycles. The monoisotopic (exact) mass is 322 g/mol. The molecular formula is C18H18N4O2. The second-order valence-electron chi connectivity index (χ2n) is 5.65. The first-order valence-corrected chi connectivity index (χ1v) is 7.75. The molecule has 1 aromatic heterocycles. The van der Waals surface area contributed by atoms with Crippen LogP contribution in [0.5, 0.6) is 5.75 Å². The number of nitrogens with zero attached hydrogens (tertiary/aromatic N) is 3. The third-order valence-electron chi connectivity index (χ3n) is 4.06. The van der Waals surface area contributed by atoms with Gasteiger partial charge in [-0.2, -0.15) is 5.26 Å². The highest BCUT2D eigenvalue weighted by Gasteiger charge is 2.27. The molecule has 0 saturated carbocycles. The van der Waals surface area contributed by atoms with E-state index < -0.39 is 0 Å². The molecule has 1 amide bonds. The van der Waals surface area contributed by atoms with Crippen LogP contribution in [0.1, 0.15) is 22.3 Å². The van der Waals surface area contributed by atoms with Crippen LogP contribution in [0.4, 0.5) is 5.82 Å². The van der Waals surface area contributed by atoms with Gasteiger partial charge in [-0.05, 0) is 36.8 Å². The van der Waals surface area contributed by atoms with E-state index in [4.69, 9.17) is 10.00 Å². The van der Waals surface area contributed by atoms with Gasteiger partial charge in [0.15, 0.2) is 0 Å². The summed E-state index contributed by atoms with van der Waals surface area (Å²) in [7, 11) is 1.62. The standard InChI is InChI=1S/C18H18N4O2/c1-24-16-6-8-20-17(10-16)21-15-7-9-22(12-15)18(23)14-4-2-13(11-19)3-5-14/h2-6,8,10,15H,7,9,12H2,1H3,(H,20,21). The number of pyridine rings is 1. The van der Waals surface area contributed by atoms with Crippen LogP contribution >= 0.6 is 0 Å². The van der Waals surface area contributed by atoms with Crippen molar-refractivity contribution >= 4 is 11.7 Å². The number of rotatable bonds is 4. The number of likely N-dealkylation sites (tertiary alicyclic amines) is 1. The van der Waals surface area contributed by atoms with Crippen LogP contribution in [-0.4, -0.2) is 42.0 Å². The van der Waals surface area contributed by atoms with Gasteiger partial charge in [-0.3, -0.25) is 4.79 Å². The third-order valence-corrected chi connectivity index (χ3v) is 4.06. The molecule has 2 aromatic rings. The summed E-state index contributed by atoms with van der Waals surface area (Å²) in [5, 5.41) is 12.2. The quantitative estimate of drug-likeness (QED) is 0.934. The molecule has 0 bridgehead atoms. The lowest BCUT2D eigenvalue weighted by Gasteiger charge is -2.17. The number of nitriles is 1. The number of hydrogen-bond acceptors (Lipinski definition) is 5. The Kier molecular flexibility index (Phi) is 4.62. The average Bonchev–Trinajstić information content (AvgIpc) is 3.09. The number of carbonyl (C=O) groups is 1. The fraction of sp³-hybridized carbons (Fsp3) is 0.278. The molecule has 6 nitrogen and oxygen atoms in total. The Morgan fingerprint density at radius 3 is 2.88 bits per heavy atom. The van der Waals surface area contributed by atoms with E-state index in [0.29, 0.717) is 24.2 Å². The maximum absolute atomic E-state index is 12.5. The lowest BCUT2D eigenvalue weighted by molar-refractivity contribution is 0.0791. The zero-order valence-electron chi connectivity index (χ0n) is 13.4. The summed E-state index contributed by atoms with van der Waals surface area (Å²) in [6.07, 6.45) is 2.55. The molecule has 2 heterocycles. The number of nitrogens with one attached hydrogen (secondary N) is 1. The van der Waals surface area contributed by atoms with Gasteiger partial charge < -0.3 is 15.0 Å². The van der Waals surface area contributed by atoms with Crippen molar-refractivity contribution in [1.82, 2.24) is 9.88 Å². The molecule has 0 radical (unpaired) electrons. The van der Waals surface area contributed by atoms with Gasteiger partial charge in [0.05, 0.1) is 18.7 Å². The van der Waals surface area contributed by atoms with Crippen LogP contribution in [-0.2, 0) is 0 Å². The first-order chi connectivity index (χ1) is 11.7. The molecule has 122 valence electrons. The molecule has 3 rings (SSSR count). The second-order valence-corrected chi connectivity index (χ2v) is 5.65. The van der Waals surface area contributed by atoms with E-state index >= 15 is 0 Å². The average molecular weight is 322 g/mol. The van der Waals surface area contributed by atoms with E-state index in [9.17, 15) is 4.79 Å². The van der Waals surface area contributed by atoms with Gasteiger partial charge >= 0.3 is 0 Å². The molecule has 1 saturated heterocycles. The number of methoxy groups -OCH3 is 1. The number of carbonyl (C=O) groups excluding carboxylic acids is 1. The maximum Gasteiger partial charge on any atom is 0.253 e. The Balaban J connectivity index is 1.62. The largest absolute Gasteiger partial charge is 0.497 e. The summed E-state index contributed by atoms with van der Waals surface area (Å²) < 4.78 is 5.19. The third kappa shape index (κ3) is 3.46. The Morgan fingerprint density at radius 1 is 1.38 bits per heavy atom. The molecule has 1 aromatic carbocycles. The fourth-order valence-electron chi connectivity index (χ4n) is 2.76. The van der Waals surface area contributed by atoms with Gasteiger partial charge in [-0.15, -0.1) is 0 Å². The molecule has 0 spiro atoms. The molecular weight excluding hydrogens is 304 g/mol. The van der Waals surface area contributed by atoms with Crippen LogP contribution in [0.15, 0.2) is 42.6 Å². The predicted octanol–water partition coefficient (Wildman–Crippen LogP) is 2.29. The molecule has 6 heteroatoms. The van der Waals surface area contributed by atoms with E-state index in [2.05, 4.69) is 16.4 Å². The minimum Gasteiger partial charge on any atom is -0.497 e. The highest BCUT2D eigenvalue weighted by Crippen LogP contribution is 2.19. The first kappa shape index (κ1) is 15.8. The number of amides is 1. The smallest absolute Gasteiger partial charge is 0.253 e. The second kappa shape index (κ2) is 7.01. The zero-order valence-corrected chi connectivity index (χ0v) is 13.4. The van der Waals surface area contributed by atoms with Gasteiger partial charge in [-0.25, -0.2) is 4.98 Å². The zero-order chi connectivity index (χ0) is 16.9. The van der Waals surface area contributed by atoms with E-state index in [1.807, 2.05) is 11.0 Å². The van der Waals surface area contributed by atoms with Crippen molar-refractivity contribution < 1.29 is 9.53 Å². The number of hydrogen-bond donors (Lipinski definition) is 1. The number of aromatic nitrogens is 1. The summed E-state index contributed by atoms with van der Waals surface area (Å²) in [6.45, 7) is 1.32. The van der Waals surface area contributed by atoms with Crippen molar-refractivity contribution in [2.75, 3.05) is 25.5 Å². The Bertz CT molecular complexity index is 767. The predicted molar refractivity (Wildman–Crippen MR) is 89.9 cm³/mol. The normalized spacial score (nSPS) is 16.5. The van der Waals surface area contributed by atoms with E-state index in [1.165, 1.54) is 0 Å². The van der Waals surface area contributed by atoms with Crippen molar-refractivity contribution in [1.29, 1.82) is 5.26 Å². The molecule has 1 fully saturated rings. The van der Waals surface area contributed by atoms with E-state index in [0.717, 1.165) is 18.0 Å². The van der Waals surface area contributed by atoms with Crippen molar-refractivity contribution in [2.24, 2.45) is 0 Å². The van der Waals surface area contributed by atoms with Crippen LogP contribution in [0.3, 0.4) is 0 Å². The minimum absolute atomic E-state index is 0.0117. The molecule has 1 unspecified atom stereocenters. The highest BCUT2D eigenvalue weighted by atomic mass is 16.5. The molecule has 24 heavy (non-hydrogen) atoms. The Hall–Kier alpha value is -3.07. The van der Waals surface area contributed by atoms with Gasteiger partial charge in [0.2, 0.25) is 0 Å². The van der Waals surface area contributed by atoms with Crippen molar-refractivity contribution in [3.63, 3.8) is 0 Å². The first-order valence-electron chi connectivity index (χ1n) is 7.75. The van der Waals surface area contributed by atoms with Crippen LogP contribution in [0.2, 0.25) is 0 Å². The maximum atomic E-state index is 12.5. The van der Waals surface area contributed by atoms with Crippen molar-refractivity contribution in [2.45, 2.75) is 12.5 Å². The number of benzene rings is 1. The summed E-state index contributed by atoms with van der Waals surface area (Å²) in [5.41, 5.74) is 1.16. The van der Waals surface area contributed by atoms with Crippen molar-refractivity contribution in [3.05, 3.63) is 53.7 Å². The van der Waals surface area contributed by atoms with Gasteiger partial charge in [0.25, 0.3) is 5.91 Å². The van der Waals surface area contributed by atoms with Crippen LogP contribution in [0, 0.1) is 11.3 Å². The van der Waals surface area contributed by atoms with Gasteiger partial charge in [0.1, 0.15) is 11.6 Å². The fourth-order valence-corrected chi connectivity index (χ4v) is 2.76. The topological polar surface area (TPSA) is 78.2 Å². The van der Waals surface area contributed by atoms with Crippen molar-refractivity contribution in [3.8, 4) is 11.8 Å². The SMILES string of the molecule is COc1ccnc(NC2CCN(C(=O)c3ccc(C#N)cc3)C2)c1. The summed E-state index contributed by atoms with van der Waals surface area (Å²) in [6, 6.07) is 12.6. The molecule has 1 aliphatic rings. The molecule has 1 atom stereocenters. The van der Waals surface area contributed by atoms with E-state index in [1.54, 1.807) is 43.6 Å². The van der Waals surface area contributed by atoms with Gasteiger partial charge in [-0.1, -0.05) is 0 Å². The Morgan fingerprint density at radius 2 is 2.17 bits per heavy atom. The van der Waals surface area contributed by atoms with E-state index in [-0.39, 0.29) is 11.9 Å². The van der Waals surface area contributed by atoms with Crippen LogP contribution < -0.4 is 10.1 Å². The van der Waals surface area contributed by atoms with Gasteiger partial charge in [0, 0.05) is 37.0 Å². The lowest BCUT2D eigenvalue weighted by Crippen LogP contribution is -2.31. The summed E-state index contributed by atoms with van der Waals surface area (Å²) in [4.78, 5) is 18.6. The molecule has 1 aliphatic heterocycles. The molecule has 1 N–H and O–H groups in total.